The lowest BCUT2D eigenvalue weighted by molar-refractivity contribution is -0.133. The van der Waals surface area contributed by atoms with Gasteiger partial charge in [-0.3, -0.25) is 19.2 Å². The number of aliphatic hydroxyl groups excluding tert-OH is 1. The molecule has 4 atom stereocenters. The number of anilines is 1. The van der Waals surface area contributed by atoms with Crippen LogP contribution in [0.15, 0.2) is 30.5 Å². The van der Waals surface area contributed by atoms with E-state index in [1.165, 1.54) is 43.5 Å². The number of nitrogens with zero attached hydrogens (tertiary/aromatic N) is 1. The monoisotopic (exact) mass is 534 g/mol. The Bertz CT molecular complexity index is 1090. The van der Waals surface area contributed by atoms with E-state index in [0.717, 1.165) is 0 Å². The van der Waals surface area contributed by atoms with Crippen molar-refractivity contribution in [2.24, 2.45) is 11.7 Å². The Balaban J connectivity index is 1.92. The average molecular weight is 535 g/mol. The second-order valence-electron chi connectivity index (χ2n) is 8.95. The van der Waals surface area contributed by atoms with Gasteiger partial charge in [0.1, 0.15) is 29.9 Å². The average Bonchev–Trinajstić information content (AvgIpc) is 3.30. The van der Waals surface area contributed by atoms with Crippen LogP contribution in [0.2, 0.25) is 0 Å². The standard InChI is InChI=1S/C24H34N6O6S/c1-12(2)19(30-24-26-10-17(11-31)37-24)23(36)28-13(3)21(34)27-14(4)22(35)29-18(20(25)33)9-15-5-7-16(32)8-6-15/h5-8,10,12-14,18-19,31-32H,9,11H2,1-4H3,(H2,25,33)(H,26,30)(H,27,34)(H,28,36)(H,29,35)/t13-,14-,18-,19?/m0/s1. The molecule has 1 unspecified atom stereocenters. The van der Waals surface area contributed by atoms with Crippen molar-refractivity contribution in [2.75, 3.05) is 5.32 Å². The summed E-state index contributed by atoms with van der Waals surface area (Å²) >= 11 is 1.22. The number of hydrogen-bond donors (Lipinski definition) is 7. The van der Waals surface area contributed by atoms with Gasteiger partial charge in [-0.2, -0.15) is 0 Å². The molecule has 0 aliphatic rings. The Kier molecular flexibility index (Phi) is 10.8. The minimum absolute atomic E-state index is 0.0653. The number of aromatic hydroxyl groups is 1. The molecule has 8 N–H and O–H groups in total. The lowest BCUT2D eigenvalue weighted by atomic mass is 10.0. The molecule has 13 heteroatoms. The van der Waals surface area contributed by atoms with Gasteiger partial charge in [0.05, 0.1) is 11.5 Å². The van der Waals surface area contributed by atoms with E-state index in [0.29, 0.717) is 15.6 Å². The number of hydrogen-bond acceptors (Lipinski definition) is 9. The fraction of sp³-hybridized carbons (Fsp3) is 0.458. The third kappa shape index (κ3) is 9.03. The Hall–Kier alpha value is -3.71. The molecular formula is C24H34N6O6S. The van der Waals surface area contributed by atoms with E-state index in [1.54, 1.807) is 12.1 Å². The van der Waals surface area contributed by atoms with Crippen LogP contribution in [0.5, 0.6) is 5.75 Å². The van der Waals surface area contributed by atoms with Gasteiger partial charge in [0.25, 0.3) is 0 Å². The number of amides is 4. The first-order valence-corrected chi connectivity index (χ1v) is 12.5. The van der Waals surface area contributed by atoms with Crippen LogP contribution in [0.4, 0.5) is 5.13 Å². The quantitative estimate of drug-likeness (QED) is 0.186. The summed E-state index contributed by atoms with van der Waals surface area (Å²) < 4.78 is 0. The maximum atomic E-state index is 12.8. The predicted octanol–water partition coefficient (Wildman–Crippen LogP) is -0.000300. The number of nitrogens with two attached hydrogens (primary N) is 1. The summed E-state index contributed by atoms with van der Waals surface area (Å²) in [7, 11) is 0. The van der Waals surface area contributed by atoms with E-state index >= 15 is 0 Å². The number of phenols is 1. The predicted molar refractivity (Wildman–Crippen MR) is 138 cm³/mol. The molecule has 0 saturated heterocycles. The van der Waals surface area contributed by atoms with Crippen LogP contribution in [0, 0.1) is 5.92 Å². The Labute approximate surface area is 219 Å². The fourth-order valence-corrected chi connectivity index (χ4v) is 3.98. The lowest BCUT2D eigenvalue weighted by Gasteiger charge is -2.24. The van der Waals surface area contributed by atoms with Crippen molar-refractivity contribution in [2.45, 2.75) is 64.9 Å². The summed E-state index contributed by atoms with van der Waals surface area (Å²) in [5.41, 5.74) is 6.10. The molecule has 0 aliphatic heterocycles. The topological polar surface area (TPSA) is 196 Å². The number of benzene rings is 1. The fourth-order valence-electron chi connectivity index (χ4n) is 3.28. The number of carbonyl (C=O) groups is 4. The molecule has 1 aromatic carbocycles. The number of rotatable bonds is 13. The Morgan fingerprint density at radius 1 is 0.946 bits per heavy atom. The molecule has 0 radical (unpaired) electrons. The van der Waals surface area contributed by atoms with Crippen LogP contribution in [0.25, 0.3) is 0 Å². The van der Waals surface area contributed by atoms with Crippen LogP contribution in [-0.4, -0.2) is 63.0 Å². The van der Waals surface area contributed by atoms with Crippen LogP contribution in [-0.2, 0) is 32.2 Å². The highest BCUT2D eigenvalue weighted by atomic mass is 32.1. The number of aromatic nitrogens is 1. The van der Waals surface area contributed by atoms with Gasteiger partial charge in [-0.25, -0.2) is 4.98 Å². The number of primary amides is 1. The van der Waals surface area contributed by atoms with E-state index in [4.69, 9.17) is 5.73 Å². The zero-order chi connectivity index (χ0) is 27.7. The Morgan fingerprint density at radius 3 is 2.03 bits per heavy atom. The summed E-state index contributed by atoms with van der Waals surface area (Å²) in [6.45, 7) is 6.45. The summed E-state index contributed by atoms with van der Waals surface area (Å²) in [4.78, 5) is 54.7. The van der Waals surface area contributed by atoms with Gasteiger partial charge >= 0.3 is 0 Å². The molecule has 0 aliphatic carbocycles. The van der Waals surface area contributed by atoms with Gasteiger partial charge in [-0.15, -0.1) is 0 Å². The molecule has 0 fully saturated rings. The minimum atomic E-state index is -1.02. The molecule has 37 heavy (non-hydrogen) atoms. The molecule has 0 bridgehead atoms. The molecule has 202 valence electrons. The molecule has 1 aromatic heterocycles. The summed E-state index contributed by atoms with van der Waals surface area (Å²) in [5.74, 6) is -2.47. The molecule has 2 rings (SSSR count). The Morgan fingerprint density at radius 2 is 1.51 bits per heavy atom. The van der Waals surface area contributed by atoms with Crippen molar-refractivity contribution in [1.29, 1.82) is 0 Å². The first kappa shape index (κ1) is 29.5. The third-order valence-corrected chi connectivity index (χ3v) is 6.39. The maximum Gasteiger partial charge on any atom is 0.243 e. The number of nitrogens with one attached hydrogen (secondary N) is 4. The zero-order valence-corrected chi connectivity index (χ0v) is 22.0. The molecule has 4 amide bonds. The van der Waals surface area contributed by atoms with Crippen molar-refractivity contribution >= 4 is 40.1 Å². The number of phenolic OH excluding ortho intramolecular Hbond substituents is 1. The third-order valence-electron chi connectivity index (χ3n) is 5.48. The van der Waals surface area contributed by atoms with Crippen molar-refractivity contribution in [3.63, 3.8) is 0 Å². The zero-order valence-electron chi connectivity index (χ0n) is 21.1. The van der Waals surface area contributed by atoms with E-state index < -0.39 is 47.8 Å². The lowest BCUT2D eigenvalue weighted by Crippen LogP contribution is -2.56. The SMILES string of the molecule is CC(C)C(Nc1ncc(CO)s1)C(=O)N[C@@H](C)C(=O)N[C@@H](C)C(=O)N[C@@H](Cc1ccc(O)cc1)C(N)=O. The summed E-state index contributed by atoms with van der Waals surface area (Å²) in [6, 6.07) is 2.43. The molecular weight excluding hydrogens is 500 g/mol. The van der Waals surface area contributed by atoms with Gasteiger partial charge in [0.2, 0.25) is 23.6 Å². The van der Waals surface area contributed by atoms with E-state index in [-0.39, 0.29) is 24.7 Å². The number of thiazole rings is 1. The largest absolute Gasteiger partial charge is 0.508 e. The van der Waals surface area contributed by atoms with E-state index in [1.807, 2.05) is 13.8 Å². The van der Waals surface area contributed by atoms with Crippen LogP contribution in [0.1, 0.15) is 38.1 Å². The molecule has 0 saturated carbocycles. The van der Waals surface area contributed by atoms with Crippen molar-refractivity contribution in [3.8, 4) is 5.75 Å². The second kappa shape index (κ2) is 13.6. The van der Waals surface area contributed by atoms with Gasteiger partial charge in [0.15, 0.2) is 5.13 Å². The van der Waals surface area contributed by atoms with Gasteiger partial charge in [-0.05, 0) is 37.5 Å². The van der Waals surface area contributed by atoms with Crippen LogP contribution < -0.4 is 27.0 Å². The van der Waals surface area contributed by atoms with Gasteiger partial charge < -0.3 is 37.2 Å². The highest BCUT2D eigenvalue weighted by Gasteiger charge is 2.28. The number of carbonyl (C=O) groups excluding carboxylic acids is 4. The highest BCUT2D eigenvalue weighted by Crippen LogP contribution is 2.20. The van der Waals surface area contributed by atoms with Crippen molar-refractivity contribution in [1.82, 2.24) is 20.9 Å². The smallest absolute Gasteiger partial charge is 0.243 e. The molecule has 2 aromatic rings. The van der Waals surface area contributed by atoms with Gasteiger partial charge in [-0.1, -0.05) is 37.3 Å². The number of aliphatic hydroxyl groups is 1. The van der Waals surface area contributed by atoms with Crippen molar-refractivity contribution in [3.05, 3.63) is 40.9 Å². The maximum absolute atomic E-state index is 12.8. The normalized spacial score (nSPS) is 14.2. The van der Waals surface area contributed by atoms with Crippen LogP contribution in [0.3, 0.4) is 0 Å². The second-order valence-corrected chi connectivity index (χ2v) is 10.1. The van der Waals surface area contributed by atoms with Crippen LogP contribution >= 0.6 is 11.3 Å². The summed E-state index contributed by atoms with van der Waals surface area (Å²) in [5, 5.41) is 29.8. The minimum Gasteiger partial charge on any atom is -0.508 e. The molecule has 0 spiro atoms. The first-order valence-electron chi connectivity index (χ1n) is 11.7. The highest BCUT2D eigenvalue weighted by molar-refractivity contribution is 7.15. The van der Waals surface area contributed by atoms with Crippen molar-refractivity contribution < 1.29 is 29.4 Å². The van der Waals surface area contributed by atoms with E-state index in [9.17, 15) is 29.4 Å². The van der Waals surface area contributed by atoms with E-state index in [2.05, 4.69) is 26.3 Å². The first-order chi connectivity index (χ1) is 17.4. The van der Waals surface area contributed by atoms with Gasteiger partial charge in [0, 0.05) is 12.6 Å². The molecule has 1 heterocycles. The summed E-state index contributed by atoms with van der Waals surface area (Å²) in [6.07, 6.45) is 1.62. The molecule has 12 nitrogen and oxygen atoms in total.